The molecular weight excluding hydrogens is 351 g/mol. The molecule has 0 saturated carbocycles. The first kappa shape index (κ1) is 17.5. The van der Waals surface area contributed by atoms with Gasteiger partial charge in [0.2, 0.25) is 12.7 Å². The SMILES string of the molecule is CC1=NN(C(=O)CCc2ccc3c(c2)OCO3)[C@](O)(c2ccc(F)cc2)C1. The molecule has 0 fully saturated rings. The van der Waals surface area contributed by atoms with Gasteiger partial charge in [0.15, 0.2) is 17.2 Å². The van der Waals surface area contributed by atoms with Crippen molar-refractivity contribution in [3.8, 4) is 11.5 Å². The number of aryl methyl sites for hydroxylation is 1. The average molecular weight is 370 g/mol. The quantitative estimate of drug-likeness (QED) is 0.898. The monoisotopic (exact) mass is 370 g/mol. The number of nitrogens with zero attached hydrogens (tertiary/aromatic N) is 2. The summed E-state index contributed by atoms with van der Waals surface area (Å²) >= 11 is 0. The topological polar surface area (TPSA) is 71.4 Å². The van der Waals surface area contributed by atoms with Gasteiger partial charge < -0.3 is 14.6 Å². The molecule has 140 valence electrons. The molecule has 1 N–H and O–H groups in total. The molecule has 0 aliphatic carbocycles. The molecule has 1 amide bonds. The van der Waals surface area contributed by atoms with Gasteiger partial charge >= 0.3 is 0 Å². The fourth-order valence-electron chi connectivity index (χ4n) is 3.38. The van der Waals surface area contributed by atoms with Crippen molar-refractivity contribution < 1.29 is 23.8 Å². The molecule has 1 atom stereocenters. The maximum Gasteiger partial charge on any atom is 0.245 e. The highest BCUT2D eigenvalue weighted by Crippen LogP contribution is 2.36. The molecule has 27 heavy (non-hydrogen) atoms. The van der Waals surface area contributed by atoms with Crippen molar-refractivity contribution in [3.05, 3.63) is 59.4 Å². The zero-order valence-corrected chi connectivity index (χ0v) is 14.8. The first-order chi connectivity index (χ1) is 13.0. The lowest BCUT2D eigenvalue weighted by Gasteiger charge is -2.31. The highest BCUT2D eigenvalue weighted by molar-refractivity contribution is 5.89. The first-order valence-corrected chi connectivity index (χ1v) is 8.70. The second-order valence-corrected chi connectivity index (χ2v) is 6.73. The number of carbonyl (C=O) groups excluding carboxylic acids is 1. The predicted molar refractivity (Wildman–Crippen MR) is 95.8 cm³/mol. The van der Waals surface area contributed by atoms with Crippen LogP contribution in [0.25, 0.3) is 0 Å². The molecule has 2 aromatic carbocycles. The van der Waals surface area contributed by atoms with Gasteiger partial charge in [0.1, 0.15) is 5.82 Å². The number of ether oxygens (including phenoxy) is 2. The first-order valence-electron chi connectivity index (χ1n) is 8.70. The van der Waals surface area contributed by atoms with E-state index in [-0.39, 0.29) is 25.5 Å². The second-order valence-electron chi connectivity index (χ2n) is 6.73. The van der Waals surface area contributed by atoms with Crippen molar-refractivity contribution in [2.45, 2.75) is 31.9 Å². The van der Waals surface area contributed by atoms with Gasteiger partial charge in [0.05, 0.1) is 0 Å². The van der Waals surface area contributed by atoms with Crippen LogP contribution in [0, 0.1) is 5.82 Å². The molecule has 0 radical (unpaired) electrons. The minimum absolute atomic E-state index is 0.167. The van der Waals surface area contributed by atoms with Gasteiger partial charge in [-0.1, -0.05) is 18.2 Å². The molecule has 0 saturated heterocycles. The predicted octanol–water partition coefficient (Wildman–Crippen LogP) is 2.94. The van der Waals surface area contributed by atoms with E-state index in [1.54, 1.807) is 6.92 Å². The van der Waals surface area contributed by atoms with E-state index < -0.39 is 11.5 Å². The second kappa shape index (κ2) is 6.66. The van der Waals surface area contributed by atoms with Crippen LogP contribution in [0.4, 0.5) is 4.39 Å². The lowest BCUT2D eigenvalue weighted by Crippen LogP contribution is -2.43. The van der Waals surface area contributed by atoms with Crippen molar-refractivity contribution >= 4 is 11.6 Å². The molecule has 0 aromatic heterocycles. The lowest BCUT2D eigenvalue weighted by atomic mass is 9.97. The molecule has 0 bridgehead atoms. The summed E-state index contributed by atoms with van der Waals surface area (Å²) < 4.78 is 23.9. The summed E-state index contributed by atoms with van der Waals surface area (Å²) in [7, 11) is 0. The summed E-state index contributed by atoms with van der Waals surface area (Å²) in [5, 5.41) is 16.4. The number of rotatable bonds is 4. The highest BCUT2D eigenvalue weighted by atomic mass is 19.1. The Bertz CT molecular complexity index is 913. The Morgan fingerprint density at radius 3 is 2.74 bits per heavy atom. The molecule has 4 rings (SSSR count). The van der Waals surface area contributed by atoms with Crippen molar-refractivity contribution in [1.29, 1.82) is 0 Å². The standard InChI is InChI=1S/C20H19FN2O4/c1-13-11-20(25,15-4-6-16(21)7-5-15)23(22-13)19(24)9-3-14-2-8-17-18(10-14)27-12-26-17/h2,4-8,10,25H,3,9,11-12H2,1H3/t20-/m1/s1. The third-order valence-corrected chi connectivity index (χ3v) is 4.73. The summed E-state index contributed by atoms with van der Waals surface area (Å²) in [5.74, 6) is 0.642. The normalized spacial score (nSPS) is 20.7. The molecule has 7 heteroatoms. The fourth-order valence-corrected chi connectivity index (χ4v) is 3.38. The van der Waals surface area contributed by atoms with E-state index in [0.29, 0.717) is 29.2 Å². The Morgan fingerprint density at radius 2 is 1.96 bits per heavy atom. The Kier molecular flexibility index (Phi) is 4.31. The van der Waals surface area contributed by atoms with Crippen molar-refractivity contribution in [2.75, 3.05) is 6.79 Å². The molecule has 2 aliphatic heterocycles. The van der Waals surface area contributed by atoms with E-state index in [1.807, 2.05) is 18.2 Å². The maximum absolute atomic E-state index is 13.2. The molecular formula is C20H19FN2O4. The lowest BCUT2D eigenvalue weighted by molar-refractivity contribution is -0.157. The summed E-state index contributed by atoms with van der Waals surface area (Å²) in [5.41, 5.74) is 0.404. The summed E-state index contributed by atoms with van der Waals surface area (Å²) in [4.78, 5) is 12.8. The van der Waals surface area contributed by atoms with E-state index in [2.05, 4.69) is 5.10 Å². The number of amides is 1. The van der Waals surface area contributed by atoms with E-state index in [1.165, 1.54) is 24.3 Å². The van der Waals surface area contributed by atoms with Crippen LogP contribution in [0.15, 0.2) is 47.6 Å². The summed E-state index contributed by atoms with van der Waals surface area (Å²) in [6.07, 6.45) is 0.828. The number of hydrogen-bond acceptors (Lipinski definition) is 5. The number of aliphatic hydroxyl groups is 1. The third-order valence-electron chi connectivity index (χ3n) is 4.73. The third kappa shape index (κ3) is 3.26. The van der Waals surface area contributed by atoms with Gasteiger partial charge in [0.25, 0.3) is 0 Å². The average Bonchev–Trinajstić information content (AvgIpc) is 3.24. The summed E-state index contributed by atoms with van der Waals surface area (Å²) in [6, 6.07) is 11.0. The number of hydrazone groups is 1. The number of halogens is 1. The summed E-state index contributed by atoms with van der Waals surface area (Å²) in [6.45, 7) is 1.95. The van der Waals surface area contributed by atoms with E-state index in [9.17, 15) is 14.3 Å². The van der Waals surface area contributed by atoms with E-state index in [4.69, 9.17) is 9.47 Å². The molecule has 6 nitrogen and oxygen atoms in total. The highest BCUT2D eigenvalue weighted by Gasteiger charge is 2.44. The number of hydrogen-bond donors (Lipinski definition) is 1. The van der Waals surface area contributed by atoms with Crippen LogP contribution < -0.4 is 9.47 Å². The van der Waals surface area contributed by atoms with Crippen molar-refractivity contribution in [1.82, 2.24) is 5.01 Å². The van der Waals surface area contributed by atoms with Crippen LogP contribution in [0.1, 0.15) is 30.9 Å². The number of carbonyl (C=O) groups is 1. The Balaban J connectivity index is 1.50. The van der Waals surface area contributed by atoms with Crippen LogP contribution in [0.2, 0.25) is 0 Å². The Hall–Kier alpha value is -2.93. The Labute approximate surface area is 155 Å². The van der Waals surface area contributed by atoms with Crippen molar-refractivity contribution in [2.24, 2.45) is 5.10 Å². The van der Waals surface area contributed by atoms with E-state index >= 15 is 0 Å². The van der Waals surface area contributed by atoms with Gasteiger partial charge in [-0.2, -0.15) is 10.1 Å². The zero-order chi connectivity index (χ0) is 19.0. The van der Waals surface area contributed by atoms with E-state index in [0.717, 1.165) is 10.6 Å². The molecule has 0 spiro atoms. The fraction of sp³-hybridized carbons (Fsp3) is 0.300. The van der Waals surface area contributed by atoms with Crippen LogP contribution >= 0.6 is 0 Å². The largest absolute Gasteiger partial charge is 0.454 e. The van der Waals surface area contributed by atoms with Gasteiger partial charge in [-0.05, 0) is 43.2 Å². The van der Waals surface area contributed by atoms with Crippen LogP contribution in [-0.2, 0) is 16.9 Å². The molecule has 2 aromatic rings. The maximum atomic E-state index is 13.2. The van der Waals surface area contributed by atoms with Crippen molar-refractivity contribution in [3.63, 3.8) is 0 Å². The number of fused-ring (bicyclic) bond motifs is 1. The van der Waals surface area contributed by atoms with Crippen LogP contribution in [0.5, 0.6) is 11.5 Å². The van der Waals surface area contributed by atoms with Crippen LogP contribution in [0.3, 0.4) is 0 Å². The zero-order valence-electron chi connectivity index (χ0n) is 14.8. The van der Waals surface area contributed by atoms with Gasteiger partial charge in [-0.15, -0.1) is 0 Å². The van der Waals surface area contributed by atoms with Gasteiger partial charge in [-0.3, -0.25) is 4.79 Å². The smallest absolute Gasteiger partial charge is 0.245 e. The minimum atomic E-state index is -1.59. The number of benzene rings is 2. The minimum Gasteiger partial charge on any atom is -0.454 e. The molecule has 2 heterocycles. The van der Waals surface area contributed by atoms with Gasteiger partial charge in [-0.25, -0.2) is 4.39 Å². The van der Waals surface area contributed by atoms with Crippen LogP contribution in [-0.4, -0.2) is 28.5 Å². The Morgan fingerprint density at radius 1 is 1.22 bits per heavy atom. The molecule has 2 aliphatic rings. The van der Waals surface area contributed by atoms with Gasteiger partial charge in [0, 0.05) is 24.1 Å². The molecule has 0 unspecified atom stereocenters.